The SMILES string of the molecule is CCCCC(NC(=O)c1ccc(Cl)cc1)C(N)c1ccc2c(c1)N=C(N)C(C)O2.Cl.Cl. The number of amidine groups is 1. The lowest BCUT2D eigenvalue weighted by molar-refractivity contribution is 0.0927. The molecular formula is C22H29Cl3N4O2. The molecule has 3 rings (SSSR count). The van der Waals surface area contributed by atoms with Crippen LogP contribution in [0.4, 0.5) is 5.69 Å². The molecule has 3 unspecified atom stereocenters. The smallest absolute Gasteiger partial charge is 0.251 e. The molecule has 0 fully saturated rings. The molecule has 5 N–H and O–H groups in total. The first-order chi connectivity index (χ1) is 13.9. The van der Waals surface area contributed by atoms with Gasteiger partial charge in [0, 0.05) is 16.6 Å². The number of carbonyl (C=O) groups excluding carboxylic acids is 1. The van der Waals surface area contributed by atoms with Gasteiger partial charge in [-0.25, -0.2) is 4.99 Å². The van der Waals surface area contributed by atoms with Crippen molar-refractivity contribution in [3.05, 3.63) is 58.6 Å². The monoisotopic (exact) mass is 486 g/mol. The molecule has 1 aliphatic rings. The molecule has 0 aliphatic carbocycles. The number of rotatable bonds is 7. The van der Waals surface area contributed by atoms with E-state index in [4.69, 9.17) is 27.8 Å². The Hall–Kier alpha value is -1.99. The highest BCUT2D eigenvalue weighted by molar-refractivity contribution is 6.30. The Morgan fingerprint density at radius 1 is 1.23 bits per heavy atom. The van der Waals surface area contributed by atoms with E-state index in [2.05, 4.69) is 17.2 Å². The number of hydrogen-bond donors (Lipinski definition) is 3. The summed E-state index contributed by atoms with van der Waals surface area (Å²) in [5, 5.41) is 3.67. The second-order valence-corrected chi connectivity index (χ2v) is 7.72. The van der Waals surface area contributed by atoms with Crippen LogP contribution in [0.2, 0.25) is 5.02 Å². The maximum Gasteiger partial charge on any atom is 0.251 e. The molecule has 1 aliphatic heterocycles. The number of aliphatic imine (C=N–C) groups is 1. The molecule has 9 heteroatoms. The molecule has 0 saturated heterocycles. The first-order valence-corrected chi connectivity index (χ1v) is 10.2. The number of ether oxygens (including phenoxy) is 1. The van der Waals surface area contributed by atoms with E-state index >= 15 is 0 Å². The average molecular weight is 488 g/mol. The van der Waals surface area contributed by atoms with E-state index in [-0.39, 0.29) is 48.9 Å². The average Bonchev–Trinajstić information content (AvgIpc) is 2.71. The van der Waals surface area contributed by atoms with Crippen LogP contribution in [0, 0.1) is 0 Å². The van der Waals surface area contributed by atoms with E-state index in [1.54, 1.807) is 24.3 Å². The van der Waals surface area contributed by atoms with E-state index in [1.807, 2.05) is 25.1 Å². The molecule has 2 aromatic rings. The molecule has 0 saturated carbocycles. The summed E-state index contributed by atoms with van der Waals surface area (Å²) < 4.78 is 5.76. The zero-order valence-corrected chi connectivity index (χ0v) is 19.9. The molecule has 1 amide bonds. The minimum absolute atomic E-state index is 0. The van der Waals surface area contributed by atoms with Crippen molar-refractivity contribution < 1.29 is 9.53 Å². The first-order valence-electron chi connectivity index (χ1n) is 9.85. The zero-order chi connectivity index (χ0) is 21.0. The number of unbranched alkanes of at least 4 members (excludes halogenated alkanes) is 1. The van der Waals surface area contributed by atoms with Crippen molar-refractivity contribution in [2.75, 3.05) is 0 Å². The summed E-state index contributed by atoms with van der Waals surface area (Å²) in [6.45, 7) is 3.97. The summed E-state index contributed by atoms with van der Waals surface area (Å²) >= 11 is 5.92. The van der Waals surface area contributed by atoms with Crippen LogP contribution in [-0.4, -0.2) is 23.9 Å². The number of halogens is 3. The van der Waals surface area contributed by atoms with Crippen molar-refractivity contribution in [3.8, 4) is 5.75 Å². The molecule has 0 spiro atoms. The third-order valence-electron chi connectivity index (χ3n) is 5.06. The van der Waals surface area contributed by atoms with Crippen molar-refractivity contribution in [1.82, 2.24) is 5.32 Å². The van der Waals surface area contributed by atoms with E-state index in [0.717, 1.165) is 24.8 Å². The van der Waals surface area contributed by atoms with Crippen LogP contribution < -0.4 is 21.5 Å². The lowest BCUT2D eigenvalue weighted by atomic mass is 9.94. The minimum Gasteiger partial charge on any atom is -0.481 e. The van der Waals surface area contributed by atoms with Gasteiger partial charge in [0.2, 0.25) is 0 Å². The van der Waals surface area contributed by atoms with Crippen molar-refractivity contribution in [2.45, 2.75) is 51.3 Å². The number of nitrogens with two attached hydrogens (primary N) is 2. The van der Waals surface area contributed by atoms with Crippen molar-refractivity contribution in [2.24, 2.45) is 16.5 Å². The van der Waals surface area contributed by atoms with Gasteiger partial charge in [-0.2, -0.15) is 0 Å². The summed E-state index contributed by atoms with van der Waals surface area (Å²) in [6, 6.07) is 11.8. The van der Waals surface area contributed by atoms with Crippen LogP contribution in [0.3, 0.4) is 0 Å². The van der Waals surface area contributed by atoms with Gasteiger partial charge in [0.1, 0.15) is 17.3 Å². The van der Waals surface area contributed by atoms with Crippen LogP contribution in [0.1, 0.15) is 55.1 Å². The van der Waals surface area contributed by atoms with Crippen LogP contribution in [-0.2, 0) is 0 Å². The van der Waals surface area contributed by atoms with Crippen molar-refractivity contribution >= 4 is 53.8 Å². The number of fused-ring (bicyclic) bond motifs is 1. The lowest BCUT2D eigenvalue weighted by Gasteiger charge is -2.27. The quantitative estimate of drug-likeness (QED) is 0.514. The summed E-state index contributed by atoms with van der Waals surface area (Å²) in [5.74, 6) is 0.940. The first kappa shape index (κ1) is 27.0. The second-order valence-electron chi connectivity index (χ2n) is 7.28. The number of amides is 1. The van der Waals surface area contributed by atoms with Gasteiger partial charge in [0.05, 0.1) is 6.04 Å². The largest absolute Gasteiger partial charge is 0.481 e. The molecule has 0 aromatic heterocycles. The van der Waals surface area contributed by atoms with Gasteiger partial charge in [-0.15, -0.1) is 24.8 Å². The van der Waals surface area contributed by atoms with Gasteiger partial charge in [0.25, 0.3) is 5.91 Å². The van der Waals surface area contributed by atoms with Crippen LogP contribution >= 0.6 is 36.4 Å². The predicted molar refractivity (Wildman–Crippen MR) is 131 cm³/mol. The topological polar surface area (TPSA) is 103 Å². The van der Waals surface area contributed by atoms with Gasteiger partial charge < -0.3 is 21.5 Å². The van der Waals surface area contributed by atoms with Crippen LogP contribution in [0.5, 0.6) is 5.75 Å². The number of hydrogen-bond acceptors (Lipinski definition) is 5. The standard InChI is InChI=1S/C22H27ClN4O2.2ClH/c1-3-4-5-17(27-22(28)14-6-9-16(23)10-7-14)20(24)15-8-11-19-18(12-15)26-21(25)13(2)29-19;;/h6-13,17,20H,3-5,24H2,1-2H3,(H2,25,26)(H,27,28);2*1H. The maximum atomic E-state index is 12.7. The van der Waals surface area contributed by atoms with E-state index in [1.165, 1.54) is 0 Å². The molecular weight excluding hydrogens is 459 g/mol. The number of nitrogens with zero attached hydrogens (tertiary/aromatic N) is 1. The van der Waals surface area contributed by atoms with E-state index in [0.29, 0.717) is 27.9 Å². The van der Waals surface area contributed by atoms with Crippen molar-refractivity contribution in [1.29, 1.82) is 0 Å². The highest BCUT2D eigenvalue weighted by Crippen LogP contribution is 2.35. The lowest BCUT2D eigenvalue weighted by Crippen LogP contribution is -2.42. The van der Waals surface area contributed by atoms with E-state index < -0.39 is 0 Å². The Morgan fingerprint density at radius 3 is 2.55 bits per heavy atom. The summed E-state index contributed by atoms with van der Waals surface area (Å²) in [5.41, 5.74) is 14.6. The number of nitrogens with one attached hydrogen (secondary N) is 1. The minimum atomic E-state index is -0.390. The third kappa shape index (κ3) is 6.74. The van der Waals surface area contributed by atoms with Crippen LogP contribution in [0.15, 0.2) is 47.5 Å². The fourth-order valence-corrected chi connectivity index (χ4v) is 3.39. The Kier molecular flexibility index (Phi) is 10.6. The van der Waals surface area contributed by atoms with Gasteiger partial charge in [-0.05, 0) is 55.3 Å². The summed E-state index contributed by atoms with van der Waals surface area (Å²) in [7, 11) is 0. The van der Waals surface area contributed by atoms with Crippen molar-refractivity contribution in [3.63, 3.8) is 0 Å². The predicted octanol–water partition coefficient (Wildman–Crippen LogP) is 4.94. The zero-order valence-electron chi connectivity index (χ0n) is 17.5. The van der Waals surface area contributed by atoms with E-state index in [9.17, 15) is 4.79 Å². The van der Waals surface area contributed by atoms with Gasteiger partial charge in [-0.1, -0.05) is 37.4 Å². The maximum absolute atomic E-state index is 12.7. The number of benzene rings is 2. The Labute approximate surface area is 200 Å². The Bertz CT molecular complexity index is 906. The Balaban J connectivity index is 0.00000240. The molecule has 170 valence electrons. The molecule has 3 atom stereocenters. The van der Waals surface area contributed by atoms with Gasteiger partial charge in [0.15, 0.2) is 6.10 Å². The Morgan fingerprint density at radius 2 is 1.90 bits per heavy atom. The highest BCUT2D eigenvalue weighted by atomic mass is 35.5. The molecule has 31 heavy (non-hydrogen) atoms. The molecule has 6 nitrogen and oxygen atoms in total. The molecule has 0 bridgehead atoms. The number of carbonyl (C=O) groups is 1. The molecule has 0 radical (unpaired) electrons. The highest BCUT2D eigenvalue weighted by Gasteiger charge is 2.24. The fraction of sp³-hybridized carbons (Fsp3) is 0.364. The summed E-state index contributed by atoms with van der Waals surface area (Å²) in [6.07, 6.45) is 2.48. The summed E-state index contributed by atoms with van der Waals surface area (Å²) in [4.78, 5) is 17.1. The van der Waals surface area contributed by atoms with Crippen LogP contribution in [0.25, 0.3) is 0 Å². The molecule has 2 aromatic carbocycles. The van der Waals surface area contributed by atoms with Gasteiger partial charge >= 0.3 is 0 Å². The third-order valence-corrected chi connectivity index (χ3v) is 5.31. The van der Waals surface area contributed by atoms with Gasteiger partial charge in [-0.3, -0.25) is 4.79 Å². The normalized spacial score (nSPS) is 16.4. The second kappa shape index (κ2) is 12.2. The fourth-order valence-electron chi connectivity index (χ4n) is 3.26. The molecule has 1 heterocycles.